The molecule has 0 aliphatic rings. The summed E-state index contributed by atoms with van der Waals surface area (Å²) in [5.41, 5.74) is 2.70. The topological polar surface area (TPSA) is 49.6 Å². The van der Waals surface area contributed by atoms with E-state index < -0.39 is 0 Å². The molecule has 0 radical (unpaired) electrons. The van der Waals surface area contributed by atoms with E-state index in [1.165, 1.54) is 0 Å². The summed E-state index contributed by atoms with van der Waals surface area (Å²) in [5, 5.41) is 8.42. The number of hydrogen-bond acceptors (Lipinski definition) is 3. The van der Waals surface area contributed by atoms with Crippen molar-refractivity contribution in [2.75, 3.05) is 0 Å². The van der Waals surface area contributed by atoms with Crippen LogP contribution < -0.4 is 0 Å². The number of aryl methyl sites for hydroxylation is 2. The zero-order valence-corrected chi connectivity index (χ0v) is 7.33. The second kappa shape index (κ2) is 3.82. The van der Waals surface area contributed by atoms with Crippen LogP contribution in [0.4, 0.5) is 0 Å². The van der Waals surface area contributed by atoms with Crippen molar-refractivity contribution in [3.63, 3.8) is 0 Å². The summed E-state index contributed by atoms with van der Waals surface area (Å²) in [4.78, 5) is 8.45. The average molecular weight is 161 g/mol. The quantitative estimate of drug-likeness (QED) is 0.659. The third-order valence-electron chi connectivity index (χ3n) is 1.69. The molecule has 0 saturated heterocycles. The fourth-order valence-corrected chi connectivity index (χ4v) is 1.07. The molecule has 0 bridgehead atoms. The molecule has 1 aromatic heterocycles. The third-order valence-corrected chi connectivity index (χ3v) is 1.69. The van der Waals surface area contributed by atoms with E-state index in [0.717, 1.165) is 23.5 Å². The smallest absolute Gasteiger partial charge is 0.0790 e. The van der Waals surface area contributed by atoms with Crippen molar-refractivity contribution in [2.24, 2.45) is 0 Å². The summed E-state index contributed by atoms with van der Waals surface area (Å²) in [7, 11) is 0. The molecule has 0 atom stereocenters. The van der Waals surface area contributed by atoms with Gasteiger partial charge in [-0.25, -0.2) is 0 Å². The second-order valence-corrected chi connectivity index (χ2v) is 2.58. The highest BCUT2D eigenvalue weighted by molar-refractivity contribution is 5.14. The van der Waals surface area contributed by atoms with Gasteiger partial charge in [0.2, 0.25) is 0 Å². The highest BCUT2D eigenvalue weighted by Crippen LogP contribution is 2.03. The minimum absolute atomic E-state index is 0.345. The zero-order chi connectivity index (χ0) is 8.97. The Morgan fingerprint density at radius 3 is 2.83 bits per heavy atom. The van der Waals surface area contributed by atoms with Gasteiger partial charge in [0.15, 0.2) is 0 Å². The number of aromatic nitrogens is 2. The zero-order valence-electron chi connectivity index (χ0n) is 7.33. The molecular formula is C9H11N3. The second-order valence-electron chi connectivity index (χ2n) is 2.58. The van der Waals surface area contributed by atoms with Crippen LogP contribution in [0.5, 0.6) is 0 Å². The fraction of sp³-hybridized carbons (Fsp3) is 0.444. The highest BCUT2D eigenvalue weighted by atomic mass is 14.8. The number of nitriles is 1. The fourth-order valence-electron chi connectivity index (χ4n) is 1.07. The predicted molar refractivity (Wildman–Crippen MR) is 45.5 cm³/mol. The molecule has 0 amide bonds. The molecular weight excluding hydrogens is 150 g/mol. The summed E-state index contributed by atoms with van der Waals surface area (Å²) >= 11 is 0. The standard InChI is InChI=1S/C9H11N3/c1-3-9-7(2)12-8(4-5-10)6-11-9/h6H,3-4H2,1-2H3. The molecule has 0 aliphatic carbocycles. The number of nitrogens with zero attached hydrogens (tertiary/aromatic N) is 3. The maximum absolute atomic E-state index is 8.42. The molecule has 3 nitrogen and oxygen atoms in total. The molecule has 0 aliphatic heterocycles. The van der Waals surface area contributed by atoms with Crippen molar-refractivity contribution in [2.45, 2.75) is 26.7 Å². The Hall–Kier alpha value is -1.43. The average Bonchev–Trinajstić information content (AvgIpc) is 2.05. The van der Waals surface area contributed by atoms with Gasteiger partial charge in [-0.2, -0.15) is 5.26 Å². The summed E-state index contributed by atoms with van der Waals surface area (Å²) in [6.07, 6.45) is 2.92. The molecule has 3 heteroatoms. The highest BCUT2D eigenvalue weighted by Gasteiger charge is 2.00. The molecule has 0 fully saturated rings. The van der Waals surface area contributed by atoms with Crippen molar-refractivity contribution in [3.05, 3.63) is 23.3 Å². The van der Waals surface area contributed by atoms with Gasteiger partial charge < -0.3 is 0 Å². The lowest BCUT2D eigenvalue weighted by Crippen LogP contribution is -1.99. The van der Waals surface area contributed by atoms with Gasteiger partial charge in [0.25, 0.3) is 0 Å². The first-order valence-electron chi connectivity index (χ1n) is 3.96. The van der Waals surface area contributed by atoms with Gasteiger partial charge in [0, 0.05) is 6.20 Å². The molecule has 0 aromatic carbocycles. The van der Waals surface area contributed by atoms with Crippen LogP contribution in [0.2, 0.25) is 0 Å². The van der Waals surface area contributed by atoms with E-state index in [1.54, 1.807) is 6.20 Å². The van der Waals surface area contributed by atoms with Gasteiger partial charge in [0.05, 0.1) is 29.6 Å². The predicted octanol–water partition coefficient (Wildman–Crippen LogP) is 1.41. The first-order chi connectivity index (χ1) is 5.77. The Morgan fingerprint density at radius 1 is 1.58 bits per heavy atom. The monoisotopic (exact) mass is 161 g/mol. The van der Waals surface area contributed by atoms with Crippen molar-refractivity contribution in [1.82, 2.24) is 9.97 Å². The van der Waals surface area contributed by atoms with Crippen molar-refractivity contribution in [3.8, 4) is 6.07 Å². The van der Waals surface area contributed by atoms with Crippen molar-refractivity contribution in [1.29, 1.82) is 5.26 Å². The van der Waals surface area contributed by atoms with Crippen LogP contribution >= 0.6 is 0 Å². The summed E-state index contributed by atoms with van der Waals surface area (Å²) in [6.45, 7) is 3.97. The number of hydrogen-bond donors (Lipinski definition) is 0. The Labute approximate surface area is 72.1 Å². The van der Waals surface area contributed by atoms with Gasteiger partial charge in [0.1, 0.15) is 0 Å². The van der Waals surface area contributed by atoms with Crippen LogP contribution in [0.25, 0.3) is 0 Å². The van der Waals surface area contributed by atoms with Crippen LogP contribution in [0.15, 0.2) is 6.20 Å². The molecule has 0 spiro atoms. The lowest BCUT2D eigenvalue weighted by atomic mass is 10.2. The Morgan fingerprint density at radius 2 is 2.33 bits per heavy atom. The van der Waals surface area contributed by atoms with E-state index >= 15 is 0 Å². The van der Waals surface area contributed by atoms with Gasteiger partial charge in [-0.05, 0) is 13.3 Å². The Balaban J connectivity index is 2.95. The van der Waals surface area contributed by atoms with E-state index in [0.29, 0.717) is 6.42 Å². The normalized spacial score (nSPS) is 9.42. The summed E-state index contributed by atoms with van der Waals surface area (Å²) < 4.78 is 0. The minimum Gasteiger partial charge on any atom is -0.257 e. The van der Waals surface area contributed by atoms with Crippen LogP contribution in [0, 0.1) is 18.3 Å². The third kappa shape index (κ3) is 1.79. The maximum Gasteiger partial charge on any atom is 0.0790 e. The molecule has 0 saturated carbocycles. The lowest BCUT2D eigenvalue weighted by molar-refractivity contribution is 0.920. The van der Waals surface area contributed by atoms with Crippen LogP contribution in [0.3, 0.4) is 0 Å². The van der Waals surface area contributed by atoms with E-state index in [9.17, 15) is 0 Å². The molecule has 1 aromatic rings. The molecule has 62 valence electrons. The van der Waals surface area contributed by atoms with E-state index in [1.807, 2.05) is 19.9 Å². The van der Waals surface area contributed by atoms with E-state index in [2.05, 4.69) is 9.97 Å². The minimum atomic E-state index is 0.345. The van der Waals surface area contributed by atoms with Gasteiger partial charge >= 0.3 is 0 Å². The largest absolute Gasteiger partial charge is 0.257 e. The number of rotatable bonds is 2. The Bertz CT molecular complexity index is 312. The summed E-state index contributed by atoms with van der Waals surface area (Å²) in [6, 6.07) is 2.05. The van der Waals surface area contributed by atoms with Gasteiger partial charge in [-0.1, -0.05) is 6.92 Å². The van der Waals surface area contributed by atoms with Crippen LogP contribution in [0.1, 0.15) is 24.0 Å². The SMILES string of the molecule is CCc1ncc(CC#N)nc1C. The van der Waals surface area contributed by atoms with E-state index in [4.69, 9.17) is 5.26 Å². The molecule has 0 unspecified atom stereocenters. The first-order valence-corrected chi connectivity index (χ1v) is 3.96. The van der Waals surface area contributed by atoms with Gasteiger partial charge in [-0.15, -0.1) is 0 Å². The first kappa shape index (κ1) is 8.66. The molecule has 12 heavy (non-hydrogen) atoms. The lowest BCUT2D eigenvalue weighted by Gasteiger charge is -2.01. The van der Waals surface area contributed by atoms with Crippen LogP contribution in [-0.2, 0) is 12.8 Å². The summed E-state index contributed by atoms with van der Waals surface area (Å²) in [5.74, 6) is 0. The molecule has 1 heterocycles. The van der Waals surface area contributed by atoms with Crippen molar-refractivity contribution < 1.29 is 0 Å². The molecule has 0 N–H and O–H groups in total. The van der Waals surface area contributed by atoms with Gasteiger partial charge in [-0.3, -0.25) is 9.97 Å². The Kier molecular flexibility index (Phi) is 2.76. The maximum atomic E-state index is 8.42. The van der Waals surface area contributed by atoms with Crippen LogP contribution in [-0.4, -0.2) is 9.97 Å². The molecule has 1 rings (SSSR count). The van der Waals surface area contributed by atoms with Crippen molar-refractivity contribution >= 4 is 0 Å². The van der Waals surface area contributed by atoms with E-state index in [-0.39, 0.29) is 0 Å².